The molecule has 0 aliphatic heterocycles. The van der Waals surface area contributed by atoms with Gasteiger partial charge >= 0.3 is 4.87 Å². The van der Waals surface area contributed by atoms with E-state index < -0.39 is 0 Å². The molecule has 1 aliphatic carbocycles. The number of hydrogen-bond acceptors (Lipinski definition) is 3. The molecule has 0 aromatic carbocycles. The Hall–Kier alpha value is -0.610. The molecule has 1 aromatic heterocycles. The molecule has 4 heteroatoms. The lowest BCUT2D eigenvalue weighted by Gasteiger charge is -2.34. The molecule has 0 amide bonds. The highest BCUT2D eigenvalue weighted by molar-refractivity contribution is 7.07. The second-order valence-electron chi connectivity index (χ2n) is 4.93. The van der Waals surface area contributed by atoms with E-state index in [1.807, 2.05) is 5.38 Å². The highest BCUT2D eigenvalue weighted by Gasteiger charge is 2.26. The topological polar surface area (TPSA) is 44.9 Å². The van der Waals surface area contributed by atoms with Crippen LogP contribution in [0.3, 0.4) is 0 Å². The van der Waals surface area contributed by atoms with Gasteiger partial charge < -0.3 is 10.3 Å². The smallest absolute Gasteiger partial charge is 0.304 e. The standard InChI is InChI=1S/C12H20N2OS/c1-8-4-3-5-11(9(8)2)13-6-10-7-16-12(15)14-10/h7-9,11,13H,3-6H2,1-2H3,(H,14,15). The zero-order valence-electron chi connectivity index (χ0n) is 9.95. The van der Waals surface area contributed by atoms with E-state index in [4.69, 9.17) is 0 Å². The molecule has 0 radical (unpaired) electrons. The molecule has 0 spiro atoms. The summed E-state index contributed by atoms with van der Waals surface area (Å²) in [6.45, 7) is 5.46. The molecule has 3 atom stereocenters. The Balaban J connectivity index is 1.87. The SMILES string of the molecule is CC1CCCC(NCc2csc(=O)[nH]2)C1C. The summed E-state index contributed by atoms with van der Waals surface area (Å²) in [6, 6.07) is 0.604. The van der Waals surface area contributed by atoms with Crippen LogP contribution in [-0.2, 0) is 6.54 Å². The molecule has 1 heterocycles. The maximum atomic E-state index is 11.0. The summed E-state index contributed by atoms with van der Waals surface area (Å²) in [6.07, 6.45) is 3.94. The van der Waals surface area contributed by atoms with Crippen molar-refractivity contribution < 1.29 is 0 Å². The number of hydrogen-bond donors (Lipinski definition) is 2. The summed E-state index contributed by atoms with van der Waals surface area (Å²) in [5.74, 6) is 1.55. The lowest BCUT2D eigenvalue weighted by Crippen LogP contribution is -2.40. The first-order valence-corrected chi connectivity index (χ1v) is 6.95. The van der Waals surface area contributed by atoms with Crippen LogP contribution < -0.4 is 10.2 Å². The monoisotopic (exact) mass is 240 g/mol. The molecule has 0 saturated heterocycles. The van der Waals surface area contributed by atoms with Crippen LogP contribution in [-0.4, -0.2) is 11.0 Å². The Morgan fingerprint density at radius 2 is 2.31 bits per heavy atom. The van der Waals surface area contributed by atoms with Gasteiger partial charge in [0.05, 0.1) is 0 Å². The molecular weight excluding hydrogens is 220 g/mol. The summed E-state index contributed by atoms with van der Waals surface area (Å²) in [4.78, 5) is 13.9. The van der Waals surface area contributed by atoms with E-state index in [0.717, 1.165) is 24.1 Å². The van der Waals surface area contributed by atoms with E-state index >= 15 is 0 Å². The third-order valence-electron chi connectivity index (χ3n) is 3.83. The first-order chi connectivity index (χ1) is 7.66. The van der Waals surface area contributed by atoms with Gasteiger partial charge in [0, 0.05) is 23.7 Å². The van der Waals surface area contributed by atoms with Crippen molar-refractivity contribution >= 4 is 11.3 Å². The minimum absolute atomic E-state index is 0.0434. The normalized spacial score (nSPS) is 30.5. The van der Waals surface area contributed by atoms with E-state index in [2.05, 4.69) is 24.1 Å². The molecule has 1 saturated carbocycles. The highest BCUT2D eigenvalue weighted by Crippen LogP contribution is 2.29. The molecule has 3 nitrogen and oxygen atoms in total. The molecule has 1 aliphatic rings. The van der Waals surface area contributed by atoms with Gasteiger partial charge in [-0.1, -0.05) is 38.0 Å². The van der Waals surface area contributed by atoms with Crippen molar-refractivity contribution in [3.05, 3.63) is 20.7 Å². The average molecular weight is 240 g/mol. The molecule has 0 bridgehead atoms. The molecule has 90 valence electrons. The minimum Gasteiger partial charge on any atom is -0.315 e. The zero-order valence-corrected chi connectivity index (χ0v) is 10.8. The second kappa shape index (κ2) is 5.15. The summed E-state index contributed by atoms with van der Waals surface area (Å²) in [5.41, 5.74) is 1.01. The Bertz CT molecular complexity index is 384. The van der Waals surface area contributed by atoms with Crippen molar-refractivity contribution in [1.29, 1.82) is 0 Å². The van der Waals surface area contributed by atoms with Crippen LogP contribution in [0.5, 0.6) is 0 Å². The number of nitrogens with one attached hydrogen (secondary N) is 2. The summed E-state index contributed by atoms with van der Waals surface area (Å²) >= 11 is 1.24. The second-order valence-corrected chi connectivity index (χ2v) is 5.77. The van der Waals surface area contributed by atoms with Crippen LogP contribution in [0.15, 0.2) is 10.2 Å². The quantitative estimate of drug-likeness (QED) is 0.852. The van der Waals surface area contributed by atoms with E-state index in [0.29, 0.717) is 6.04 Å². The number of thiazole rings is 1. The van der Waals surface area contributed by atoms with Crippen LogP contribution in [0.25, 0.3) is 0 Å². The summed E-state index contributed by atoms with van der Waals surface area (Å²) in [7, 11) is 0. The maximum Gasteiger partial charge on any atom is 0.304 e. The maximum absolute atomic E-state index is 11.0. The molecule has 1 fully saturated rings. The Morgan fingerprint density at radius 1 is 1.50 bits per heavy atom. The van der Waals surface area contributed by atoms with Crippen molar-refractivity contribution in [2.45, 2.75) is 45.7 Å². The predicted octanol–water partition coefficient (Wildman–Crippen LogP) is 2.35. The molecule has 3 unspecified atom stereocenters. The van der Waals surface area contributed by atoms with Crippen molar-refractivity contribution in [3.8, 4) is 0 Å². The van der Waals surface area contributed by atoms with Gasteiger partial charge in [-0.05, 0) is 18.3 Å². The first kappa shape index (κ1) is 11.9. The van der Waals surface area contributed by atoms with Gasteiger partial charge in [0.15, 0.2) is 0 Å². The number of rotatable bonds is 3. The third-order valence-corrected chi connectivity index (χ3v) is 4.55. The molecule has 2 N–H and O–H groups in total. The number of aromatic amines is 1. The molecular formula is C12H20N2OS. The molecule has 1 aromatic rings. The number of aromatic nitrogens is 1. The van der Waals surface area contributed by atoms with E-state index in [9.17, 15) is 4.79 Å². The number of H-pyrrole nitrogens is 1. The Morgan fingerprint density at radius 3 is 3.00 bits per heavy atom. The Kier molecular flexibility index (Phi) is 3.82. The van der Waals surface area contributed by atoms with Crippen LogP contribution in [0.4, 0.5) is 0 Å². The van der Waals surface area contributed by atoms with E-state index in [-0.39, 0.29) is 4.87 Å². The van der Waals surface area contributed by atoms with Gasteiger partial charge in [-0.25, -0.2) is 0 Å². The fraction of sp³-hybridized carbons (Fsp3) is 0.750. The lowest BCUT2D eigenvalue weighted by atomic mass is 9.78. The third kappa shape index (κ3) is 2.74. The first-order valence-electron chi connectivity index (χ1n) is 6.07. The Labute approximate surface area is 100 Å². The fourth-order valence-electron chi connectivity index (χ4n) is 2.51. The van der Waals surface area contributed by atoms with Gasteiger partial charge in [-0.3, -0.25) is 4.79 Å². The summed E-state index contributed by atoms with van der Waals surface area (Å²) in [5, 5.41) is 5.48. The van der Waals surface area contributed by atoms with Crippen LogP contribution in [0.2, 0.25) is 0 Å². The molecule has 16 heavy (non-hydrogen) atoms. The van der Waals surface area contributed by atoms with Gasteiger partial charge in [0.25, 0.3) is 0 Å². The van der Waals surface area contributed by atoms with Crippen molar-refractivity contribution in [3.63, 3.8) is 0 Å². The lowest BCUT2D eigenvalue weighted by molar-refractivity contribution is 0.205. The van der Waals surface area contributed by atoms with E-state index in [1.54, 1.807) is 0 Å². The van der Waals surface area contributed by atoms with Crippen LogP contribution in [0.1, 0.15) is 38.8 Å². The zero-order chi connectivity index (χ0) is 11.5. The van der Waals surface area contributed by atoms with Gasteiger partial charge in [-0.15, -0.1) is 0 Å². The van der Waals surface area contributed by atoms with Crippen molar-refractivity contribution in [2.24, 2.45) is 11.8 Å². The summed E-state index contributed by atoms with van der Waals surface area (Å²) < 4.78 is 0. The predicted molar refractivity (Wildman–Crippen MR) is 67.7 cm³/mol. The fourth-order valence-corrected chi connectivity index (χ4v) is 3.09. The van der Waals surface area contributed by atoms with Crippen molar-refractivity contribution in [2.75, 3.05) is 0 Å². The van der Waals surface area contributed by atoms with Crippen molar-refractivity contribution in [1.82, 2.24) is 10.3 Å². The largest absolute Gasteiger partial charge is 0.315 e. The van der Waals surface area contributed by atoms with Crippen LogP contribution >= 0.6 is 11.3 Å². The van der Waals surface area contributed by atoms with Crippen LogP contribution in [0, 0.1) is 11.8 Å². The van der Waals surface area contributed by atoms with Gasteiger partial charge in [-0.2, -0.15) is 0 Å². The van der Waals surface area contributed by atoms with Gasteiger partial charge in [0.2, 0.25) is 0 Å². The molecule has 2 rings (SSSR count). The van der Waals surface area contributed by atoms with E-state index in [1.165, 1.54) is 30.6 Å². The average Bonchev–Trinajstić information content (AvgIpc) is 2.67. The highest BCUT2D eigenvalue weighted by atomic mass is 32.1. The van der Waals surface area contributed by atoms with Gasteiger partial charge in [0.1, 0.15) is 0 Å². The minimum atomic E-state index is 0.0434.